The molecule has 1 saturated carbocycles. The van der Waals surface area contributed by atoms with Gasteiger partial charge in [-0.2, -0.15) is 0 Å². The van der Waals surface area contributed by atoms with Crippen molar-refractivity contribution in [2.45, 2.75) is 57.2 Å². The van der Waals surface area contributed by atoms with Crippen molar-refractivity contribution in [1.82, 2.24) is 5.32 Å². The SMILES string of the molecule is CC(C)(C)c1ccc2c(c1)OC[C@H](NC1CC(C(=O)O)C1)[C@@H]2O. The first kappa shape index (κ1) is 16.3. The fraction of sp³-hybridized carbons (Fsp3) is 0.611. The van der Waals surface area contributed by atoms with E-state index in [-0.39, 0.29) is 23.4 Å². The van der Waals surface area contributed by atoms with Crippen LogP contribution < -0.4 is 10.1 Å². The number of rotatable bonds is 3. The quantitative estimate of drug-likeness (QED) is 0.796. The van der Waals surface area contributed by atoms with Gasteiger partial charge < -0.3 is 20.3 Å². The Hall–Kier alpha value is -1.59. The Balaban J connectivity index is 1.67. The van der Waals surface area contributed by atoms with Crippen LogP contribution in [-0.2, 0) is 10.2 Å². The maximum absolute atomic E-state index is 10.9. The maximum Gasteiger partial charge on any atom is 0.306 e. The van der Waals surface area contributed by atoms with Crippen molar-refractivity contribution in [3.8, 4) is 5.75 Å². The average molecular weight is 319 g/mol. The minimum absolute atomic E-state index is 0.0379. The molecule has 0 bridgehead atoms. The molecular formula is C18H25NO4. The van der Waals surface area contributed by atoms with Gasteiger partial charge in [0, 0.05) is 11.6 Å². The van der Waals surface area contributed by atoms with Crippen LogP contribution in [-0.4, -0.2) is 34.9 Å². The number of hydrogen-bond donors (Lipinski definition) is 3. The van der Waals surface area contributed by atoms with Crippen LogP contribution in [0, 0.1) is 5.92 Å². The Morgan fingerprint density at radius 3 is 2.61 bits per heavy atom. The summed E-state index contributed by atoms with van der Waals surface area (Å²) in [6.07, 6.45) is 0.611. The summed E-state index contributed by atoms with van der Waals surface area (Å²) >= 11 is 0. The largest absolute Gasteiger partial charge is 0.491 e. The van der Waals surface area contributed by atoms with Crippen molar-refractivity contribution >= 4 is 5.97 Å². The molecule has 23 heavy (non-hydrogen) atoms. The second-order valence-electron chi connectivity index (χ2n) is 7.74. The van der Waals surface area contributed by atoms with Gasteiger partial charge in [-0.25, -0.2) is 0 Å². The fourth-order valence-corrected chi connectivity index (χ4v) is 3.26. The summed E-state index contributed by atoms with van der Waals surface area (Å²) in [5.74, 6) is -0.237. The van der Waals surface area contributed by atoms with E-state index >= 15 is 0 Å². The summed E-state index contributed by atoms with van der Waals surface area (Å²) in [6, 6.07) is 5.95. The number of aliphatic hydroxyl groups is 1. The number of carboxylic acids is 1. The van der Waals surface area contributed by atoms with Crippen molar-refractivity contribution < 1.29 is 19.7 Å². The molecule has 5 heteroatoms. The molecule has 126 valence electrons. The molecule has 3 N–H and O–H groups in total. The highest BCUT2D eigenvalue weighted by Gasteiger charge is 2.38. The number of nitrogens with one attached hydrogen (secondary N) is 1. The van der Waals surface area contributed by atoms with Gasteiger partial charge in [-0.15, -0.1) is 0 Å². The van der Waals surface area contributed by atoms with E-state index < -0.39 is 12.1 Å². The summed E-state index contributed by atoms with van der Waals surface area (Å²) < 4.78 is 5.85. The highest BCUT2D eigenvalue weighted by atomic mass is 16.5. The Bertz CT molecular complexity index is 602. The maximum atomic E-state index is 10.9. The lowest BCUT2D eigenvalue weighted by molar-refractivity contribution is -0.145. The summed E-state index contributed by atoms with van der Waals surface area (Å²) in [7, 11) is 0. The number of ether oxygens (including phenoxy) is 1. The topological polar surface area (TPSA) is 78.8 Å². The van der Waals surface area contributed by atoms with E-state index in [1.54, 1.807) is 0 Å². The van der Waals surface area contributed by atoms with Crippen molar-refractivity contribution in [3.05, 3.63) is 29.3 Å². The molecule has 2 aliphatic rings. The van der Waals surface area contributed by atoms with Gasteiger partial charge in [0.15, 0.2) is 0 Å². The number of carbonyl (C=O) groups is 1. The van der Waals surface area contributed by atoms with Gasteiger partial charge in [0.2, 0.25) is 0 Å². The van der Waals surface area contributed by atoms with E-state index in [0.29, 0.717) is 19.4 Å². The molecule has 3 rings (SSSR count). The van der Waals surface area contributed by atoms with Crippen LogP contribution >= 0.6 is 0 Å². The standard InChI is InChI=1S/C18H25NO4/c1-18(2,3)11-4-5-13-15(8-11)23-9-14(16(13)20)19-12-6-10(7-12)17(21)22/h4-5,8,10,12,14,16,19-20H,6-7,9H2,1-3H3,(H,21,22)/t10?,12?,14-,16+/m0/s1. The van der Waals surface area contributed by atoms with Crippen LogP contribution in [0.25, 0.3) is 0 Å². The molecule has 0 saturated heterocycles. The van der Waals surface area contributed by atoms with E-state index in [4.69, 9.17) is 9.84 Å². The highest BCUT2D eigenvalue weighted by molar-refractivity contribution is 5.71. The smallest absolute Gasteiger partial charge is 0.306 e. The van der Waals surface area contributed by atoms with Gasteiger partial charge in [0.25, 0.3) is 0 Å². The zero-order valence-corrected chi connectivity index (χ0v) is 13.9. The lowest BCUT2D eigenvalue weighted by Crippen LogP contribution is -2.53. The monoisotopic (exact) mass is 319 g/mol. The molecule has 0 unspecified atom stereocenters. The van der Waals surface area contributed by atoms with Crippen molar-refractivity contribution in [3.63, 3.8) is 0 Å². The van der Waals surface area contributed by atoms with Gasteiger partial charge in [0.1, 0.15) is 18.5 Å². The van der Waals surface area contributed by atoms with E-state index in [9.17, 15) is 9.90 Å². The van der Waals surface area contributed by atoms with Crippen LogP contribution in [0.2, 0.25) is 0 Å². The average Bonchev–Trinajstić information content (AvgIpc) is 2.42. The van der Waals surface area contributed by atoms with Crippen molar-refractivity contribution in [2.75, 3.05) is 6.61 Å². The third-order valence-corrected chi connectivity index (χ3v) is 4.93. The first-order valence-corrected chi connectivity index (χ1v) is 8.20. The zero-order chi connectivity index (χ0) is 16.8. The molecule has 0 aromatic heterocycles. The highest BCUT2D eigenvalue weighted by Crippen LogP contribution is 2.37. The van der Waals surface area contributed by atoms with Crippen LogP contribution in [0.4, 0.5) is 0 Å². The molecular weight excluding hydrogens is 294 g/mol. The second kappa shape index (κ2) is 5.80. The lowest BCUT2D eigenvalue weighted by Gasteiger charge is -2.39. The first-order valence-electron chi connectivity index (χ1n) is 8.20. The second-order valence-corrected chi connectivity index (χ2v) is 7.74. The number of aliphatic hydroxyl groups excluding tert-OH is 1. The molecule has 2 atom stereocenters. The molecule has 0 spiro atoms. The normalized spacial score (nSPS) is 30.1. The Morgan fingerprint density at radius 2 is 2.00 bits per heavy atom. The summed E-state index contributed by atoms with van der Waals surface area (Å²) in [6.45, 7) is 6.84. The predicted molar refractivity (Wildman–Crippen MR) is 86.7 cm³/mol. The van der Waals surface area contributed by atoms with Gasteiger partial charge in [-0.05, 0) is 29.9 Å². The van der Waals surface area contributed by atoms with Gasteiger partial charge in [-0.1, -0.05) is 32.9 Å². The number of hydrogen-bond acceptors (Lipinski definition) is 4. The molecule has 1 aliphatic heterocycles. The summed E-state index contributed by atoms with van der Waals surface area (Å²) in [4.78, 5) is 10.9. The molecule has 1 heterocycles. The first-order chi connectivity index (χ1) is 10.8. The molecule has 1 fully saturated rings. The molecule has 0 radical (unpaired) electrons. The van der Waals surface area contributed by atoms with E-state index in [2.05, 4.69) is 26.1 Å². The summed E-state index contributed by atoms with van der Waals surface area (Å²) in [5, 5.41) is 22.9. The van der Waals surface area contributed by atoms with Gasteiger partial charge in [0.05, 0.1) is 12.0 Å². The minimum Gasteiger partial charge on any atom is -0.491 e. The van der Waals surface area contributed by atoms with Crippen molar-refractivity contribution in [2.24, 2.45) is 5.92 Å². The van der Waals surface area contributed by atoms with E-state index in [0.717, 1.165) is 11.3 Å². The number of carboxylic acid groups (broad SMARTS) is 1. The van der Waals surface area contributed by atoms with Crippen LogP contribution in [0.5, 0.6) is 5.75 Å². The molecule has 5 nitrogen and oxygen atoms in total. The Morgan fingerprint density at radius 1 is 1.30 bits per heavy atom. The summed E-state index contributed by atoms with van der Waals surface area (Å²) in [5.41, 5.74) is 2.02. The van der Waals surface area contributed by atoms with E-state index in [1.807, 2.05) is 18.2 Å². The van der Waals surface area contributed by atoms with E-state index in [1.165, 1.54) is 5.56 Å². The fourth-order valence-electron chi connectivity index (χ4n) is 3.26. The van der Waals surface area contributed by atoms with Gasteiger partial charge in [-0.3, -0.25) is 4.79 Å². The number of aliphatic carboxylic acids is 1. The third kappa shape index (κ3) is 3.21. The number of benzene rings is 1. The Labute approximate surface area is 136 Å². The predicted octanol–water partition coefficient (Wildman–Crippen LogP) is 2.23. The third-order valence-electron chi connectivity index (χ3n) is 4.93. The van der Waals surface area contributed by atoms with Crippen LogP contribution in [0.1, 0.15) is 50.8 Å². The van der Waals surface area contributed by atoms with Crippen LogP contribution in [0.3, 0.4) is 0 Å². The molecule has 1 aromatic carbocycles. The lowest BCUT2D eigenvalue weighted by atomic mass is 9.79. The van der Waals surface area contributed by atoms with Crippen molar-refractivity contribution in [1.29, 1.82) is 0 Å². The minimum atomic E-state index is -0.733. The Kier molecular flexibility index (Phi) is 4.10. The molecule has 1 aromatic rings. The van der Waals surface area contributed by atoms with Gasteiger partial charge >= 0.3 is 5.97 Å². The van der Waals surface area contributed by atoms with Crippen LogP contribution in [0.15, 0.2) is 18.2 Å². The molecule has 1 aliphatic carbocycles. The zero-order valence-electron chi connectivity index (χ0n) is 13.9. The molecule has 0 amide bonds. The number of fused-ring (bicyclic) bond motifs is 1.